The molecule has 0 bridgehead atoms. The van der Waals surface area contributed by atoms with Gasteiger partial charge in [0.25, 0.3) is 10.0 Å². The summed E-state index contributed by atoms with van der Waals surface area (Å²) in [6.45, 7) is 0. The van der Waals surface area contributed by atoms with Crippen molar-refractivity contribution >= 4 is 48.3 Å². The average molecular weight is 343 g/mol. The predicted octanol–water partition coefficient (Wildman–Crippen LogP) is 3.89. The number of aromatic nitrogens is 1. The third-order valence-electron chi connectivity index (χ3n) is 2.70. The first-order chi connectivity index (χ1) is 9.95. The van der Waals surface area contributed by atoms with Gasteiger partial charge >= 0.3 is 0 Å². The molecule has 0 saturated heterocycles. The van der Waals surface area contributed by atoms with Crippen molar-refractivity contribution in [2.24, 2.45) is 0 Å². The lowest BCUT2D eigenvalue weighted by molar-refractivity contribution is 0.570. The molecule has 0 amide bonds. The van der Waals surface area contributed by atoms with Crippen LogP contribution in [-0.2, 0) is 10.0 Å². The molecular weight excluding hydrogens is 335 g/mol. The molecule has 0 unspecified atom stereocenters. The standard InChI is InChI=1S/C13H8ClFN2O2S2/c14-8-5-6-10-11(7-8)20-13(16-10)17-21(18,19)12-4-2-1-3-9(12)15/h1-7H,(H,16,17). The van der Waals surface area contributed by atoms with Gasteiger partial charge in [0.2, 0.25) is 0 Å². The van der Waals surface area contributed by atoms with Crippen molar-refractivity contribution in [2.45, 2.75) is 4.90 Å². The first kappa shape index (κ1) is 14.2. The molecule has 0 aliphatic carbocycles. The molecule has 0 aliphatic heterocycles. The highest BCUT2D eigenvalue weighted by Crippen LogP contribution is 2.30. The molecule has 4 nitrogen and oxygen atoms in total. The highest BCUT2D eigenvalue weighted by atomic mass is 35.5. The molecule has 1 heterocycles. The summed E-state index contributed by atoms with van der Waals surface area (Å²) in [5.74, 6) is -0.811. The number of sulfonamides is 1. The second-order valence-electron chi connectivity index (χ2n) is 4.17. The Morgan fingerprint density at radius 2 is 1.95 bits per heavy atom. The van der Waals surface area contributed by atoms with Gasteiger partial charge in [-0.15, -0.1) is 0 Å². The van der Waals surface area contributed by atoms with E-state index in [9.17, 15) is 12.8 Å². The third kappa shape index (κ3) is 2.85. The van der Waals surface area contributed by atoms with Crippen molar-refractivity contribution in [3.8, 4) is 0 Å². The lowest BCUT2D eigenvalue weighted by Gasteiger charge is -2.05. The van der Waals surface area contributed by atoms with Crippen molar-refractivity contribution in [1.29, 1.82) is 0 Å². The fourth-order valence-electron chi connectivity index (χ4n) is 1.77. The Morgan fingerprint density at radius 3 is 2.71 bits per heavy atom. The van der Waals surface area contributed by atoms with E-state index in [0.29, 0.717) is 10.5 Å². The number of benzene rings is 2. The SMILES string of the molecule is O=S(=O)(Nc1nc2ccc(Cl)cc2s1)c1ccccc1F. The molecule has 0 atom stereocenters. The number of nitrogens with zero attached hydrogens (tertiary/aromatic N) is 1. The number of thiazole rings is 1. The van der Waals surface area contributed by atoms with E-state index in [4.69, 9.17) is 11.6 Å². The summed E-state index contributed by atoms with van der Waals surface area (Å²) in [7, 11) is -4.01. The number of rotatable bonds is 3. The molecule has 1 N–H and O–H groups in total. The molecule has 21 heavy (non-hydrogen) atoms. The fraction of sp³-hybridized carbons (Fsp3) is 0. The summed E-state index contributed by atoms with van der Waals surface area (Å²) in [4.78, 5) is 3.73. The fourth-order valence-corrected chi connectivity index (χ4v) is 4.23. The van der Waals surface area contributed by atoms with E-state index in [-0.39, 0.29) is 5.13 Å². The van der Waals surface area contributed by atoms with Gasteiger partial charge in [-0.25, -0.2) is 17.8 Å². The maximum atomic E-state index is 13.6. The van der Waals surface area contributed by atoms with Crippen LogP contribution in [0, 0.1) is 5.82 Å². The highest BCUT2D eigenvalue weighted by Gasteiger charge is 2.20. The summed E-state index contributed by atoms with van der Waals surface area (Å²) in [5, 5.41) is 0.699. The highest BCUT2D eigenvalue weighted by molar-refractivity contribution is 7.93. The summed E-state index contributed by atoms with van der Waals surface area (Å²) < 4.78 is 40.9. The van der Waals surface area contributed by atoms with Gasteiger partial charge in [0.1, 0.15) is 10.7 Å². The number of hydrogen-bond donors (Lipinski definition) is 1. The van der Waals surface area contributed by atoms with Crippen LogP contribution in [0.4, 0.5) is 9.52 Å². The van der Waals surface area contributed by atoms with E-state index < -0.39 is 20.7 Å². The van der Waals surface area contributed by atoms with E-state index in [1.165, 1.54) is 18.2 Å². The smallest absolute Gasteiger partial charge is 0.255 e. The maximum absolute atomic E-state index is 13.6. The Kier molecular flexibility index (Phi) is 3.56. The molecule has 3 rings (SSSR count). The van der Waals surface area contributed by atoms with Crippen LogP contribution in [0.1, 0.15) is 0 Å². The van der Waals surface area contributed by atoms with Gasteiger partial charge in [0.15, 0.2) is 5.13 Å². The molecule has 108 valence electrons. The summed E-state index contributed by atoms with van der Waals surface area (Å²) in [5.41, 5.74) is 0.621. The lowest BCUT2D eigenvalue weighted by Crippen LogP contribution is -2.14. The van der Waals surface area contributed by atoms with Crippen molar-refractivity contribution < 1.29 is 12.8 Å². The molecule has 8 heteroatoms. The van der Waals surface area contributed by atoms with E-state index in [0.717, 1.165) is 22.1 Å². The first-order valence-corrected chi connectivity index (χ1v) is 8.47. The molecular formula is C13H8ClFN2O2S2. The quantitative estimate of drug-likeness (QED) is 0.785. The summed E-state index contributed by atoms with van der Waals surface area (Å²) in [6.07, 6.45) is 0. The van der Waals surface area contributed by atoms with Crippen molar-refractivity contribution in [1.82, 2.24) is 4.98 Å². The van der Waals surface area contributed by atoms with Gasteiger partial charge in [0.05, 0.1) is 10.2 Å². The van der Waals surface area contributed by atoms with Crippen LogP contribution in [0.3, 0.4) is 0 Å². The van der Waals surface area contributed by atoms with Crippen molar-refractivity contribution in [3.63, 3.8) is 0 Å². The molecule has 0 spiro atoms. The molecule has 1 aromatic heterocycles. The van der Waals surface area contributed by atoms with Crippen molar-refractivity contribution in [2.75, 3.05) is 4.72 Å². The Balaban J connectivity index is 1.99. The van der Waals surface area contributed by atoms with Crippen LogP contribution in [-0.4, -0.2) is 13.4 Å². The second kappa shape index (κ2) is 5.25. The summed E-state index contributed by atoms with van der Waals surface area (Å²) in [6, 6.07) is 10.2. The molecule has 0 fully saturated rings. The van der Waals surface area contributed by atoms with Crippen LogP contribution < -0.4 is 4.72 Å². The van der Waals surface area contributed by atoms with Crippen LogP contribution in [0.5, 0.6) is 0 Å². The third-order valence-corrected chi connectivity index (χ3v) is 5.37. The minimum atomic E-state index is -4.01. The minimum absolute atomic E-state index is 0.163. The Morgan fingerprint density at radius 1 is 1.19 bits per heavy atom. The Bertz CT molecular complexity index is 925. The van der Waals surface area contributed by atoms with Gasteiger partial charge in [-0.1, -0.05) is 35.1 Å². The second-order valence-corrected chi connectivity index (χ2v) is 7.28. The van der Waals surface area contributed by atoms with Gasteiger partial charge in [-0.05, 0) is 30.3 Å². The Hall–Kier alpha value is -1.70. The van der Waals surface area contributed by atoms with E-state index in [1.54, 1.807) is 18.2 Å². The lowest BCUT2D eigenvalue weighted by atomic mass is 10.3. The van der Waals surface area contributed by atoms with Crippen LogP contribution in [0.15, 0.2) is 47.4 Å². The van der Waals surface area contributed by atoms with E-state index >= 15 is 0 Å². The van der Waals surface area contributed by atoms with Gasteiger partial charge in [-0.2, -0.15) is 0 Å². The number of halogens is 2. The Labute approximate surface area is 129 Å². The topological polar surface area (TPSA) is 59.1 Å². The molecule has 0 saturated carbocycles. The zero-order valence-electron chi connectivity index (χ0n) is 10.4. The first-order valence-electron chi connectivity index (χ1n) is 5.79. The minimum Gasteiger partial charge on any atom is -0.255 e. The molecule has 2 aromatic carbocycles. The number of hydrogen-bond acceptors (Lipinski definition) is 4. The number of anilines is 1. The molecule has 0 aliphatic rings. The zero-order valence-corrected chi connectivity index (χ0v) is 12.8. The van der Waals surface area contributed by atoms with Gasteiger partial charge in [-0.3, -0.25) is 4.72 Å². The monoisotopic (exact) mass is 342 g/mol. The van der Waals surface area contributed by atoms with Crippen LogP contribution in [0.2, 0.25) is 5.02 Å². The van der Waals surface area contributed by atoms with Gasteiger partial charge < -0.3 is 0 Å². The molecule has 3 aromatic rings. The summed E-state index contributed by atoms with van der Waals surface area (Å²) >= 11 is 7.00. The van der Waals surface area contributed by atoms with Crippen LogP contribution in [0.25, 0.3) is 10.2 Å². The van der Waals surface area contributed by atoms with Crippen LogP contribution >= 0.6 is 22.9 Å². The zero-order chi connectivity index (χ0) is 15.0. The largest absolute Gasteiger partial charge is 0.266 e. The van der Waals surface area contributed by atoms with E-state index in [2.05, 4.69) is 9.71 Å². The number of nitrogens with one attached hydrogen (secondary N) is 1. The average Bonchev–Trinajstić information content (AvgIpc) is 2.79. The molecule has 0 radical (unpaired) electrons. The maximum Gasteiger partial charge on any atom is 0.266 e. The van der Waals surface area contributed by atoms with E-state index in [1.807, 2.05) is 0 Å². The normalized spacial score (nSPS) is 11.7. The number of fused-ring (bicyclic) bond motifs is 1. The van der Waals surface area contributed by atoms with Gasteiger partial charge in [0, 0.05) is 5.02 Å². The van der Waals surface area contributed by atoms with Crippen molar-refractivity contribution in [3.05, 3.63) is 53.3 Å². The predicted molar refractivity (Wildman–Crippen MR) is 81.8 cm³/mol.